The lowest BCUT2D eigenvalue weighted by Crippen LogP contribution is -2.57. The van der Waals surface area contributed by atoms with Crippen molar-refractivity contribution < 1.29 is 9.53 Å². The average molecular weight is 296 g/mol. The van der Waals surface area contributed by atoms with E-state index in [2.05, 4.69) is 24.5 Å². The summed E-state index contributed by atoms with van der Waals surface area (Å²) in [6.45, 7) is 7.57. The first-order valence-electron chi connectivity index (χ1n) is 8.76. The van der Waals surface area contributed by atoms with Crippen molar-refractivity contribution in [2.45, 2.75) is 77.4 Å². The number of amides is 1. The monoisotopic (exact) mass is 296 g/mol. The van der Waals surface area contributed by atoms with Gasteiger partial charge >= 0.3 is 0 Å². The minimum absolute atomic E-state index is 0.00720. The molecule has 122 valence electrons. The molecular formula is C17H32N2O2. The Bertz CT molecular complexity index is 333. The van der Waals surface area contributed by atoms with E-state index in [1.54, 1.807) is 0 Å². The fraction of sp³-hybridized carbons (Fsp3) is 0.941. The second-order valence-corrected chi connectivity index (χ2v) is 6.97. The molecule has 2 fully saturated rings. The van der Waals surface area contributed by atoms with Crippen LogP contribution in [0.4, 0.5) is 0 Å². The Balaban J connectivity index is 1.84. The first-order valence-corrected chi connectivity index (χ1v) is 8.76. The van der Waals surface area contributed by atoms with Crippen LogP contribution in [0.25, 0.3) is 0 Å². The van der Waals surface area contributed by atoms with Crippen molar-refractivity contribution in [1.82, 2.24) is 10.6 Å². The predicted molar refractivity (Wildman–Crippen MR) is 85.2 cm³/mol. The number of rotatable bonds is 6. The van der Waals surface area contributed by atoms with E-state index in [0.29, 0.717) is 25.2 Å². The van der Waals surface area contributed by atoms with Gasteiger partial charge in [-0.2, -0.15) is 0 Å². The van der Waals surface area contributed by atoms with E-state index in [0.717, 1.165) is 12.3 Å². The molecule has 1 amide bonds. The number of piperidine rings is 1. The van der Waals surface area contributed by atoms with E-state index in [9.17, 15) is 4.79 Å². The summed E-state index contributed by atoms with van der Waals surface area (Å²) in [7, 11) is 0. The molecular weight excluding hydrogens is 264 g/mol. The van der Waals surface area contributed by atoms with Crippen LogP contribution in [0, 0.1) is 11.8 Å². The van der Waals surface area contributed by atoms with Crippen LogP contribution in [-0.2, 0) is 9.53 Å². The molecule has 2 rings (SSSR count). The van der Waals surface area contributed by atoms with Crippen molar-refractivity contribution in [3.8, 4) is 0 Å². The Kier molecular flexibility index (Phi) is 6.49. The number of carbonyl (C=O) groups excluding carboxylic acids is 1. The van der Waals surface area contributed by atoms with Crippen LogP contribution in [0.15, 0.2) is 0 Å². The zero-order valence-electron chi connectivity index (χ0n) is 13.9. The third-order valence-electron chi connectivity index (χ3n) is 5.10. The second kappa shape index (κ2) is 8.14. The highest BCUT2D eigenvalue weighted by Gasteiger charge is 2.35. The molecule has 2 aliphatic rings. The molecule has 4 unspecified atom stereocenters. The smallest absolute Gasteiger partial charge is 0.237 e. The van der Waals surface area contributed by atoms with Gasteiger partial charge in [0, 0.05) is 12.6 Å². The lowest BCUT2D eigenvalue weighted by atomic mass is 9.77. The van der Waals surface area contributed by atoms with Crippen molar-refractivity contribution in [3.63, 3.8) is 0 Å². The average Bonchev–Trinajstić information content (AvgIpc) is 2.50. The Labute approximate surface area is 129 Å². The standard InChI is InChI=1S/C17H32N2O2/c1-4-21-11-16(12(2)3)19-17(20)15-10-9-13-7-5-6-8-14(13)18-15/h12-16,18H,4-11H2,1-3H3,(H,19,20). The summed E-state index contributed by atoms with van der Waals surface area (Å²) in [6.07, 6.45) is 7.43. The molecule has 2 N–H and O–H groups in total. The van der Waals surface area contributed by atoms with E-state index < -0.39 is 0 Å². The van der Waals surface area contributed by atoms with Gasteiger partial charge in [0.1, 0.15) is 0 Å². The van der Waals surface area contributed by atoms with Gasteiger partial charge in [-0.15, -0.1) is 0 Å². The summed E-state index contributed by atoms with van der Waals surface area (Å²) in [5, 5.41) is 6.79. The molecule has 0 spiro atoms. The highest BCUT2D eigenvalue weighted by Crippen LogP contribution is 2.32. The van der Waals surface area contributed by atoms with Crippen LogP contribution < -0.4 is 10.6 Å². The van der Waals surface area contributed by atoms with Crippen LogP contribution in [-0.4, -0.2) is 37.2 Å². The van der Waals surface area contributed by atoms with Gasteiger partial charge < -0.3 is 15.4 Å². The minimum Gasteiger partial charge on any atom is -0.380 e. The quantitative estimate of drug-likeness (QED) is 0.791. The van der Waals surface area contributed by atoms with E-state index in [1.165, 1.54) is 32.1 Å². The van der Waals surface area contributed by atoms with Crippen LogP contribution >= 0.6 is 0 Å². The normalized spacial score (nSPS) is 30.8. The van der Waals surface area contributed by atoms with Crippen molar-refractivity contribution in [3.05, 3.63) is 0 Å². The molecule has 1 saturated heterocycles. The van der Waals surface area contributed by atoms with Gasteiger partial charge in [-0.1, -0.05) is 26.7 Å². The van der Waals surface area contributed by atoms with Gasteiger partial charge in [0.2, 0.25) is 5.91 Å². The maximum absolute atomic E-state index is 12.5. The zero-order valence-corrected chi connectivity index (χ0v) is 13.9. The number of hydrogen-bond donors (Lipinski definition) is 2. The van der Waals surface area contributed by atoms with Crippen molar-refractivity contribution in [1.29, 1.82) is 0 Å². The van der Waals surface area contributed by atoms with Crippen molar-refractivity contribution in [2.24, 2.45) is 11.8 Å². The molecule has 4 heteroatoms. The van der Waals surface area contributed by atoms with Gasteiger partial charge in [-0.05, 0) is 44.4 Å². The van der Waals surface area contributed by atoms with Gasteiger partial charge in [0.15, 0.2) is 0 Å². The molecule has 1 aliphatic carbocycles. The Morgan fingerprint density at radius 1 is 1.24 bits per heavy atom. The van der Waals surface area contributed by atoms with Gasteiger partial charge in [-0.3, -0.25) is 4.79 Å². The summed E-state index contributed by atoms with van der Waals surface area (Å²) >= 11 is 0. The Hall–Kier alpha value is -0.610. The molecule has 0 aromatic heterocycles. The lowest BCUT2D eigenvalue weighted by molar-refractivity contribution is -0.126. The fourth-order valence-corrected chi connectivity index (χ4v) is 3.63. The van der Waals surface area contributed by atoms with E-state index in [1.807, 2.05) is 6.92 Å². The van der Waals surface area contributed by atoms with Crippen LogP contribution in [0.2, 0.25) is 0 Å². The van der Waals surface area contributed by atoms with Crippen LogP contribution in [0.1, 0.15) is 59.3 Å². The van der Waals surface area contributed by atoms with Crippen molar-refractivity contribution in [2.75, 3.05) is 13.2 Å². The van der Waals surface area contributed by atoms with E-state index >= 15 is 0 Å². The number of fused-ring (bicyclic) bond motifs is 1. The Morgan fingerprint density at radius 2 is 2.00 bits per heavy atom. The van der Waals surface area contributed by atoms with Crippen LogP contribution in [0.5, 0.6) is 0 Å². The van der Waals surface area contributed by atoms with Gasteiger partial charge in [-0.25, -0.2) is 0 Å². The molecule has 0 radical (unpaired) electrons. The van der Waals surface area contributed by atoms with Crippen molar-refractivity contribution >= 4 is 5.91 Å². The molecule has 21 heavy (non-hydrogen) atoms. The third-order valence-corrected chi connectivity index (χ3v) is 5.10. The fourth-order valence-electron chi connectivity index (χ4n) is 3.63. The highest BCUT2D eigenvalue weighted by atomic mass is 16.5. The Morgan fingerprint density at radius 3 is 2.71 bits per heavy atom. The molecule has 1 saturated carbocycles. The van der Waals surface area contributed by atoms with Gasteiger partial charge in [0.25, 0.3) is 0 Å². The zero-order chi connectivity index (χ0) is 15.2. The second-order valence-electron chi connectivity index (χ2n) is 6.97. The van der Waals surface area contributed by atoms with Crippen LogP contribution in [0.3, 0.4) is 0 Å². The number of ether oxygens (including phenoxy) is 1. The molecule has 1 heterocycles. The topological polar surface area (TPSA) is 50.4 Å². The minimum atomic E-state index is -0.00720. The summed E-state index contributed by atoms with van der Waals surface area (Å²) in [6, 6.07) is 0.670. The largest absolute Gasteiger partial charge is 0.380 e. The molecule has 1 aliphatic heterocycles. The highest BCUT2D eigenvalue weighted by molar-refractivity contribution is 5.82. The predicted octanol–water partition coefficient (Wildman–Crippen LogP) is 2.47. The maximum Gasteiger partial charge on any atom is 0.237 e. The van der Waals surface area contributed by atoms with E-state index in [4.69, 9.17) is 4.74 Å². The summed E-state index contributed by atoms with van der Waals surface area (Å²) in [5.74, 6) is 1.36. The number of hydrogen-bond acceptors (Lipinski definition) is 3. The van der Waals surface area contributed by atoms with E-state index in [-0.39, 0.29) is 18.0 Å². The molecule has 4 atom stereocenters. The third kappa shape index (κ3) is 4.68. The van der Waals surface area contributed by atoms with Gasteiger partial charge in [0.05, 0.1) is 18.7 Å². The molecule has 0 aromatic rings. The molecule has 0 bridgehead atoms. The SMILES string of the molecule is CCOCC(NC(=O)C1CCC2CCCCC2N1)C(C)C. The first kappa shape index (κ1) is 16.8. The lowest BCUT2D eigenvalue weighted by Gasteiger charge is -2.40. The molecule has 4 nitrogen and oxygen atoms in total. The first-order chi connectivity index (χ1) is 10.1. The maximum atomic E-state index is 12.5. The summed E-state index contributed by atoms with van der Waals surface area (Å²) < 4.78 is 5.50. The summed E-state index contributed by atoms with van der Waals surface area (Å²) in [4.78, 5) is 12.5. The molecule has 0 aromatic carbocycles. The number of carbonyl (C=O) groups is 1. The number of nitrogens with one attached hydrogen (secondary N) is 2. The summed E-state index contributed by atoms with van der Waals surface area (Å²) in [5.41, 5.74) is 0.